The second-order valence-corrected chi connectivity index (χ2v) is 7.82. The Balaban J connectivity index is 1.42. The number of thiazole rings is 1. The summed E-state index contributed by atoms with van der Waals surface area (Å²) in [4.78, 5) is 16.9. The molecule has 3 rings (SSSR count). The summed E-state index contributed by atoms with van der Waals surface area (Å²) in [5.74, 6) is 6.85. The molecule has 1 aliphatic heterocycles. The first-order valence-electron chi connectivity index (χ1n) is 8.48. The number of carbonyl (C=O) groups is 1. The maximum atomic E-state index is 12.2. The Bertz CT molecular complexity index is 636. The van der Waals surface area contributed by atoms with E-state index in [-0.39, 0.29) is 5.92 Å². The highest BCUT2D eigenvalue weighted by molar-refractivity contribution is 7.18. The normalized spacial score (nSPS) is 20.2. The Morgan fingerprint density at radius 3 is 3.00 bits per heavy atom. The lowest BCUT2D eigenvalue weighted by Gasteiger charge is -2.12. The highest BCUT2D eigenvalue weighted by Crippen LogP contribution is 2.25. The van der Waals surface area contributed by atoms with Crippen LogP contribution < -0.4 is 5.84 Å². The number of fused-ring (bicyclic) bond motifs is 1. The second kappa shape index (κ2) is 7.51. The van der Waals surface area contributed by atoms with Crippen molar-refractivity contribution in [2.45, 2.75) is 39.0 Å². The van der Waals surface area contributed by atoms with Crippen molar-refractivity contribution in [1.29, 1.82) is 0 Å². The summed E-state index contributed by atoms with van der Waals surface area (Å²) in [7, 11) is 0. The van der Waals surface area contributed by atoms with Crippen molar-refractivity contribution in [3.05, 3.63) is 29.3 Å². The molecule has 0 amide bonds. The van der Waals surface area contributed by atoms with Gasteiger partial charge in [-0.25, -0.2) is 9.99 Å². The molecule has 1 aliphatic rings. The number of aromatic nitrogens is 1. The summed E-state index contributed by atoms with van der Waals surface area (Å²) >= 11 is 1.79. The molecule has 124 valence electrons. The minimum Gasteiger partial charge on any atom is -0.299 e. The van der Waals surface area contributed by atoms with Gasteiger partial charge in [-0.1, -0.05) is 19.1 Å². The number of para-hydroxylation sites is 1. The fourth-order valence-corrected chi connectivity index (χ4v) is 4.17. The molecule has 2 heterocycles. The Morgan fingerprint density at radius 2 is 2.26 bits per heavy atom. The number of aryl methyl sites for hydroxylation is 1. The molecule has 0 spiro atoms. The first-order chi connectivity index (χ1) is 11.1. The third-order valence-corrected chi connectivity index (χ3v) is 5.84. The maximum Gasteiger partial charge on any atom is 0.137 e. The maximum absolute atomic E-state index is 12.2. The van der Waals surface area contributed by atoms with Gasteiger partial charge in [-0.3, -0.25) is 10.6 Å². The van der Waals surface area contributed by atoms with E-state index in [1.807, 2.05) is 6.07 Å². The lowest BCUT2D eigenvalue weighted by molar-refractivity contribution is -0.122. The van der Waals surface area contributed by atoms with Crippen molar-refractivity contribution in [3.8, 4) is 0 Å². The molecule has 0 bridgehead atoms. The van der Waals surface area contributed by atoms with Crippen LogP contribution in [0.5, 0.6) is 0 Å². The summed E-state index contributed by atoms with van der Waals surface area (Å²) in [5, 5.41) is 2.97. The summed E-state index contributed by atoms with van der Waals surface area (Å²) in [6.07, 6.45) is 4.70. The average molecular weight is 331 g/mol. The molecular weight excluding hydrogens is 306 g/mol. The lowest BCUT2D eigenvalue weighted by atomic mass is 9.93. The topological polar surface area (TPSA) is 59.2 Å². The smallest absolute Gasteiger partial charge is 0.137 e. The van der Waals surface area contributed by atoms with Crippen LogP contribution in [0.3, 0.4) is 0 Å². The van der Waals surface area contributed by atoms with E-state index in [1.54, 1.807) is 16.3 Å². The van der Waals surface area contributed by atoms with E-state index in [9.17, 15) is 4.79 Å². The molecule has 1 aromatic carbocycles. The van der Waals surface area contributed by atoms with Gasteiger partial charge in [0, 0.05) is 25.4 Å². The van der Waals surface area contributed by atoms with Crippen molar-refractivity contribution in [2.24, 2.45) is 17.7 Å². The third-order valence-electron chi connectivity index (χ3n) is 4.75. The van der Waals surface area contributed by atoms with Crippen molar-refractivity contribution in [1.82, 2.24) is 9.99 Å². The molecule has 0 aliphatic carbocycles. The third kappa shape index (κ3) is 4.37. The van der Waals surface area contributed by atoms with Gasteiger partial charge in [0.2, 0.25) is 0 Å². The van der Waals surface area contributed by atoms with Crippen LogP contribution in [0, 0.1) is 11.8 Å². The van der Waals surface area contributed by atoms with Gasteiger partial charge in [0.05, 0.1) is 15.2 Å². The Labute approximate surface area is 141 Å². The number of rotatable bonds is 7. The number of ketones is 1. The minimum absolute atomic E-state index is 0.163. The van der Waals surface area contributed by atoms with Gasteiger partial charge < -0.3 is 0 Å². The van der Waals surface area contributed by atoms with Crippen LogP contribution in [0.2, 0.25) is 0 Å². The van der Waals surface area contributed by atoms with E-state index < -0.39 is 0 Å². The number of nitrogens with zero attached hydrogens (tertiary/aromatic N) is 2. The molecule has 2 atom stereocenters. The zero-order valence-electron chi connectivity index (χ0n) is 13.7. The minimum atomic E-state index is 0.163. The molecule has 5 heteroatoms. The Morgan fingerprint density at radius 1 is 1.43 bits per heavy atom. The Kier molecular flexibility index (Phi) is 5.41. The molecule has 1 fully saturated rings. The number of benzene rings is 1. The summed E-state index contributed by atoms with van der Waals surface area (Å²) in [6, 6.07) is 8.29. The molecule has 2 unspecified atom stereocenters. The molecule has 2 N–H and O–H groups in total. The van der Waals surface area contributed by atoms with Crippen molar-refractivity contribution >= 4 is 27.3 Å². The number of nitrogens with two attached hydrogens (primary N) is 1. The van der Waals surface area contributed by atoms with E-state index in [0.29, 0.717) is 18.1 Å². The molecule has 23 heavy (non-hydrogen) atoms. The zero-order chi connectivity index (χ0) is 16.2. The summed E-state index contributed by atoms with van der Waals surface area (Å²) in [6.45, 7) is 3.83. The van der Waals surface area contributed by atoms with Crippen molar-refractivity contribution < 1.29 is 4.79 Å². The SMILES string of the molecule is CC(CCC(=O)C1CCN(N)C1)CCc1nc2ccccc2s1. The van der Waals surface area contributed by atoms with E-state index >= 15 is 0 Å². The zero-order valence-corrected chi connectivity index (χ0v) is 14.5. The average Bonchev–Trinajstić information content (AvgIpc) is 3.16. The van der Waals surface area contributed by atoms with Crippen LogP contribution in [0.15, 0.2) is 24.3 Å². The first kappa shape index (κ1) is 16.6. The van der Waals surface area contributed by atoms with Gasteiger partial charge in [0.1, 0.15) is 5.78 Å². The van der Waals surface area contributed by atoms with Crippen LogP contribution in [0.4, 0.5) is 0 Å². The number of Topliss-reactive ketones (excluding diaryl/α,β-unsaturated/α-hetero) is 1. The first-order valence-corrected chi connectivity index (χ1v) is 9.30. The van der Waals surface area contributed by atoms with E-state index in [0.717, 1.165) is 44.3 Å². The molecule has 4 nitrogen and oxygen atoms in total. The van der Waals surface area contributed by atoms with Gasteiger partial charge in [-0.2, -0.15) is 0 Å². The largest absolute Gasteiger partial charge is 0.299 e. The number of hydrogen-bond acceptors (Lipinski definition) is 5. The predicted molar refractivity (Wildman–Crippen MR) is 95.2 cm³/mol. The van der Waals surface area contributed by atoms with Crippen molar-refractivity contribution in [3.63, 3.8) is 0 Å². The van der Waals surface area contributed by atoms with E-state index in [4.69, 9.17) is 5.84 Å². The number of hydrogen-bond donors (Lipinski definition) is 1. The van der Waals surface area contributed by atoms with E-state index in [1.165, 1.54) is 9.71 Å². The van der Waals surface area contributed by atoms with Crippen LogP contribution in [0.25, 0.3) is 10.2 Å². The fraction of sp³-hybridized carbons (Fsp3) is 0.556. The number of hydrazine groups is 1. The molecular formula is C18H25N3OS. The van der Waals surface area contributed by atoms with Gasteiger partial charge in [-0.15, -0.1) is 11.3 Å². The molecule has 2 aromatic rings. The lowest BCUT2D eigenvalue weighted by Crippen LogP contribution is -2.29. The summed E-state index contributed by atoms with van der Waals surface area (Å²) < 4.78 is 1.26. The predicted octanol–water partition coefficient (Wildman–Crippen LogP) is 3.41. The molecule has 1 aromatic heterocycles. The van der Waals surface area contributed by atoms with Gasteiger partial charge >= 0.3 is 0 Å². The van der Waals surface area contributed by atoms with Crippen LogP contribution >= 0.6 is 11.3 Å². The standard InChI is InChI=1S/C18H25N3OS/c1-13(6-8-16(22)14-10-11-21(19)12-14)7-9-18-20-15-4-2-3-5-17(15)23-18/h2-5,13-14H,6-12,19H2,1H3. The van der Waals surface area contributed by atoms with Gasteiger partial charge in [0.15, 0.2) is 0 Å². The fourth-order valence-electron chi connectivity index (χ4n) is 3.18. The molecule has 0 saturated carbocycles. The number of carbonyl (C=O) groups excluding carboxylic acids is 1. The highest BCUT2D eigenvalue weighted by Gasteiger charge is 2.26. The van der Waals surface area contributed by atoms with E-state index in [2.05, 4.69) is 30.1 Å². The van der Waals surface area contributed by atoms with Crippen molar-refractivity contribution in [2.75, 3.05) is 13.1 Å². The van der Waals surface area contributed by atoms with Crippen LogP contribution in [0.1, 0.15) is 37.6 Å². The van der Waals surface area contributed by atoms with Gasteiger partial charge in [0.25, 0.3) is 0 Å². The van der Waals surface area contributed by atoms with Gasteiger partial charge in [-0.05, 0) is 43.7 Å². The van der Waals surface area contributed by atoms with Crippen LogP contribution in [-0.4, -0.2) is 28.9 Å². The Hall–Kier alpha value is -1.30. The highest BCUT2D eigenvalue weighted by atomic mass is 32.1. The second-order valence-electron chi connectivity index (χ2n) is 6.70. The quantitative estimate of drug-likeness (QED) is 0.790. The molecule has 1 saturated heterocycles. The monoisotopic (exact) mass is 331 g/mol. The molecule has 0 radical (unpaired) electrons. The van der Waals surface area contributed by atoms with Crippen LogP contribution in [-0.2, 0) is 11.2 Å². The summed E-state index contributed by atoms with van der Waals surface area (Å²) in [5.41, 5.74) is 1.10.